The van der Waals surface area contributed by atoms with E-state index >= 15 is 13.2 Å². The highest BCUT2D eigenvalue weighted by molar-refractivity contribution is 6.13. The number of alkyl halides is 6. The summed E-state index contributed by atoms with van der Waals surface area (Å²) in [6.45, 7) is 0. The first kappa shape index (κ1) is 38.1. The molecule has 2 heterocycles. The van der Waals surface area contributed by atoms with E-state index in [-0.39, 0.29) is 16.9 Å². The highest BCUT2D eigenvalue weighted by Crippen LogP contribution is 2.46. The molecule has 0 atom stereocenters. The molecule has 0 amide bonds. The maximum atomic E-state index is 15.7. The maximum Gasteiger partial charge on any atom is 0.417 e. The summed E-state index contributed by atoms with van der Waals surface area (Å²) in [6, 6.07) is 51.1. The van der Waals surface area contributed by atoms with Gasteiger partial charge >= 0.3 is 12.4 Å². The van der Waals surface area contributed by atoms with E-state index in [4.69, 9.17) is 0 Å². The van der Waals surface area contributed by atoms with E-state index in [1.807, 2.05) is 108 Å². The van der Waals surface area contributed by atoms with Crippen molar-refractivity contribution in [1.29, 1.82) is 10.5 Å². The molecule has 2 aromatic heterocycles. The second-order valence-corrected chi connectivity index (χ2v) is 14.9. The van der Waals surface area contributed by atoms with Crippen molar-refractivity contribution in [1.82, 2.24) is 9.13 Å². The molecule has 0 aliphatic rings. The largest absolute Gasteiger partial charge is 0.417 e. The van der Waals surface area contributed by atoms with Gasteiger partial charge in [0, 0.05) is 21.5 Å². The predicted octanol–water partition coefficient (Wildman–Crippen LogP) is 14.7. The number of aromatic nitrogens is 2. The van der Waals surface area contributed by atoms with Gasteiger partial charge in [-0.15, -0.1) is 0 Å². The van der Waals surface area contributed by atoms with E-state index in [0.717, 1.165) is 45.8 Å². The van der Waals surface area contributed by atoms with Crippen molar-refractivity contribution in [2.24, 2.45) is 0 Å². The van der Waals surface area contributed by atoms with Crippen LogP contribution in [-0.2, 0) is 12.4 Å². The molecular weight excluding hydrogens is 795 g/mol. The Morgan fingerprint density at radius 3 is 1.32 bits per heavy atom. The topological polar surface area (TPSA) is 57.4 Å². The summed E-state index contributed by atoms with van der Waals surface area (Å²) in [7, 11) is 0. The lowest BCUT2D eigenvalue weighted by Crippen LogP contribution is -2.12. The number of benzene rings is 8. The van der Waals surface area contributed by atoms with Crippen molar-refractivity contribution in [3.05, 3.63) is 192 Å². The second-order valence-electron chi connectivity index (χ2n) is 14.9. The van der Waals surface area contributed by atoms with Crippen molar-refractivity contribution >= 4 is 43.6 Å². The normalized spacial score (nSPS) is 12.0. The summed E-state index contributed by atoms with van der Waals surface area (Å²) in [5.41, 5.74) is 3.28. The van der Waals surface area contributed by atoms with E-state index in [1.165, 1.54) is 12.1 Å². The van der Waals surface area contributed by atoms with Crippen LogP contribution in [0.25, 0.3) is 88.4 Å². The van der Waals surface area contributed by atoms with Crippen molar-refractivity contribution in [2.45, 2.75) is 12.4 Å². The Bertz CT molecular complexity index is 3540. The predicted molar refractivity (Wildman–Crippen MR) is 231 cm³/mol. The summed E-state index contributed by atoms with van der Waals surface area (Å²) >= 11 is 0. The molecule has 10 heteroatoms. The third-order valence-electron chi connectivity index (χ3n) is 11.5. The lowest BCUT2D eigenvalue weighted by atomic mass is 9.95. The van der Waals surface area contributed by atoms with E-state index < -0.39 is 29.0 Å². The van der Waals surface area contributed by atoms with Gasteiger partial charge in [-0.1, -0.05) is 109 Å². The average Bonchev–Trinajstić information content (AvgIpc) is 3.80. The first-order valence-corrected chi connectivity index (χ1v) is 19.4. The van der Waals surface area contributed by atoms with Crippen LogP contribution < -0.4 is 0 Å². The number of hydrogen-bond donors (Lipinski definition) is 0. The van der Waals surface area contributed by atoms with Crippen LogP contribution in [0.4, 0.5) is 26.3 Å². The molecule has 0 bridgehead atoms. The number of hydrogen-bond acceptors (Lipinski definition) is 2. The van der Waals surface area contributed by atoms with Gasteiger partial charge in [-0.25, -0.2) is 0 Å². The minimum absolute atomic E-state index is 0.107. The highest BCUT2D eigenvalue weighted by atomic mass is 19.4. The molecule has 10 rings (SSSR count). The van der Waals surface area contributed by atoms with Gasteiger partial charge < -0.3 is 9.13 Å². The Morgan fingerprint density at radius 1 is 0.371 bits per heavy atom. The van der Waals surface area contributed by atoms with Gasteiger partial charge in [0.05, 0.1) is 67.8 Å². The van der Waals surface area contributed by atoms with Gasteiger partial charge in [0.2, 0.25) is 0 Å². The van der Waals surface area contributed by atoms with Gasteiger partial charge in [0.25, 0.3) is 0 Å². The average molecular weight is 823 g/mol. The molecule has 0 fully saturated rings. The molecule has 0 aliphatic heterocycles. The molecule has 8 aromatic carbocycles. The maximum absolute atomic E-state index is 15.7. The molecular formula is C52H28F6N4. The van der Waals surface area contributed by atoms with Crippen LogP contribution in [-0.4, -0.2) is 9.13 Å². The summed E-state index contributed by atoms with van der Waals surface area (Å²) in [5.74, 6) is 0. The molecule has 298 valence electrons. The van der Waals surface area contributed by atoms with Crippen LogP contribution in [0.15, 0.2) is 170 Å². The van der Waals surface area contributed by atoms with Crippen LogP contribution >= 0.6 is 0 Å². The van der Waals surface area contributed by atoms with E-state index in [1.54, 1.807) is 34.9 Å². The lowest BCUT2D eigenvalue weighted by Gasteiger charge is -2.22. The quantitative estimate of drug-likeness (QED) is 0.162. The molecule has 0 spiro atoms. The fourth-order valence-electron chi connectivity index (χ4n) is 8.73. The van der Waals surface area contributed by atoms with Crippen LogP contribution in [0.3, 0.4) is 0 Å². The van der Waals surface area contributed by atoms with Crippen LogP contribution in [0.1, 0.15) is 22.3 Å². The zero-order valence-electron chi connectivity index (χ0n) is 32.2. The minimum atomic E-state index is -5.01. The van der Waals surface area contributed by atoms with Crippen molar-refractivity contribution in [2.75, 3.05) is 0 Å². The smallest absolute Gasteiger partial charge is 0.307 e. The Morgan fingerprint density at radius 2 is 0.823 bits per heavy atom. The van der Waals surface area contributed by atoms with Crippen molar-refractivity contribution in [3.8, 4) is 56.9 Å². The molecule has 4 nitrogen and oxygen atoms in total. The van der Waals surface area contributed by atoms with Gasteiger partial charge in [-0.2, -0.15) is 36.9 Å². The van der Waals surface area contributed by atoms with Gasteiger partial charge in [-0.3, -0.25) is 0 Å². The van der Waals surface area contributed by atoms with Gasteiger partial charge in [0.15, 0.2) is 0 Å². The minimum Gasteiger partial charge on any atom is -0.307 e. The van der Waals surface area contributed by atoms with Gasteiger partial charge in [0.1, 0.15) is 0 Å². The molecule has 0 N–H and O–H groups in total. The summed E-state index contributed by atoms with van der Waals surface area (Å²) in [4.78, 5) is 0. The number of para-hydroxylation sites is 2. The SMILES string of the molecule is N#Cc1ccccc1-c1ccc2c3ccccc3n(-c3cc(-c4cccc(C(F)(F)F)c4)c(C(F)(F)F)cc3-n3c4ccccc4c4ccc(-c5ccccc5C#N)cc43)c2c1. The zero-order valence-corrected chi connectivity index (χ0v) is 32.2. The fraction of sp³-hybridized carbons (Fsp3) is 0.0385. The lowest BCUT2D eigenvalue weighted by molar-refractivity contribution is -0.137. The van der Waals surface area contributed by atoms with Crippen LogP contribution in [0.5, 0.6) is 0 Å². The molecule has 0 radical (unpaired) electrons. The van der Waals surface area contributed by atoms with Gasteiger partial charge in [-0.05, 0) is 94.0 Å². The number of fused-ring (bicyclic) bond motifs is 6. The zero-order chi connectivity index (χ0) is 42.9. The van der Waals surface area contributed by atoms with Crippen molar-refractivity contribution in [3.63, 3.8) is 0 Å². The molecule has 62 heavy (non-hydrogen) atoms. The van der Waals surface area contributed by atoms with E-state index in [0.29, 0.717) is 55.4 Å². The first-order chi connectivity index (χ1) is 29.9. The molecule has 0 saturated carbocycles. The van der Waals surface area contributed by atoms with E-state index in [2.05, 4.69) is 12.1 Å². The second kappa shape index (κ2) is 14.3. The number of nitriles is 2. The van der Waals surface area contributed by atoms with Crippen molar-refractivity contribution < 1.29 is 26.3 Å². The monoisotopic (exact) mass is 822 g/mol. The standard InChI is InChI=1S/C52H28F6N4/c53-51(54,55)36-13-9-12-31(24-36)43-27-49(61-45-18-7-5-16-39(45)41-22-20-32(25-47(41)61)37-14-3-1-10-34(37)29-59)50(28-44(43)52(56,57)58)62-46-19-8-6-17-40(46)42-23-21-33(26-48(42)62)38-15-4-2-11-35(38)30-60/h1-28H. The van der Waals surface area contributed by atoms with E-state index in [9.17, 15) is 23.7 Å². The fourth-order valence-corrected chi connectivity index (χ4v) is 8.73. The number of halogens is 6. The van der Waals surface area contributed by atoms with Crippen LogP contribution in [0, 0.1) is 22.7 Å². The highest BCUT2D eigenvalue weighted by Gasteiger charge is 2.37. The first-order valence-electron chi connectivity index (χ1n) is 19.4. The molecule has 0 saturated heterocycles. The Hall–Kier alpha value is -8.08. The Kier molecular flexibility index (Phi) is 8.79. The Balaban J connectivity index is 1.39. The third kappa shape index (κ3) is 6.15. The molecule has 0 unspecified atom stereocenters. The molecule has 0 aliphatic carbocycles. The molecule has 10 aromatic rings. The number of nitrogens with zero attached hydrogens (tertiary/aromatic N) is 4. The summed E-state index contributed by atoms with van der Waals surface area (Å²) < 4.78 is 93.2. The van der Waals surface area contributed by atoms with Crippen LogP contribution in [0.2, 0.25) is 0 Å². The Labute approximate surface area is 350 Å². The third-order valence-corrected chi connectivity index (χ3v) is 11.5. The number of rotatable bonds is 5. The summed E-state index contributed by atoms with van der Waals surface area (Å²) in [6.07, 6.45) is -9.83. The summed E-state index contributed by atoms with van der Waals surface area (Å²) in [5, 5.41) is 23.1.